The van der Waals surface area contributed by atoms with Crippen LogP contribution in [0.5, 0.6) is 0 Å². The zero-order valence-corrected chi connectivity index (χ0v) is 12.8. The van der Waals surface area contributed by atoms with Gasteiger partial charge in [0.15, 0.2) is 0 Å². The van der Waals surface area contributed by atoms with Gasteiger partial charge in [0.05, 0.1) is 25.0 Å². The van der Waals surface area contributed by atoms with Crippen molar-refractivity contribution in [2.75, 3.05) is 14.2 Å². The van der Waals surface area contributed by atoms with Gasteiger partial charge in [-0.2, -0.15) is 0 Å². The number of rotatable bonds is 2. The van der Waals surface area contributed by atoms with Gasteiger partial charge in [-0.25, -0.2) is 0 Å². The number of carbonyl (C=O) groups excluding carboxylic acids is 3. The van der Waals surface area contributed by atoms with Crippen molar-refractivity contribution in [1.82, 2.24) is 10.2 Å². The summed E-state index contributed by atoms with van der Waals surface area (Å²) >= 11 is 1.56. The highest BCUT2D eigenvalue weighted by Crippen LogP contribution is 2.45. The molecule has 0 saturated carbocycles. The third kappa shape index (κ3) is 1.99. The summed E-state index contributed by atoms with van der Waals surface area (Å²) in [4.78, 5) is 39.8. The molecule has 112 valence electrons. The Labute approximate surface area is 126 Å². The fourth-order valence-corrected chi connectivity index (χ4v) is 4.17. The molecule has 0 spiro atoms. The zero-order valence-electron chi connectivity index (χ0n) is 12.0. The number of hydrogen-bond donors (Lipinski definition) is 1. The van der Waals surface area contributed by atoms with E-state index in [1.165, 1.54) is 14.2 Å². The lowest BCUT2D eigenvalue weighted by molar-refractivity contribution is -0.147. The number of thiophene rings is 1. The minimum absolute atomic E-state index is 0.236. The van der Waals surface area contributed by atoms with E-state index in [-0.39, 0.29) is 17.9 Å². The highest BCUT2D eigenvalue weighted by atomic mass is 32.1. The van der Waals surface area contributed by atoms with Crippen LogP contribution in [0.1, 0.15) is 15.8 Å². The molecule has 0 unspecified atom stereocenters. The number of amides is 2. The van der Waals surface area contributed by atoms with Gasteiger partial charge >= 0.3 is 5.97 Å². The van der Waals surface area contributed by atoms with Crippen LogP contribution in [-0.4, -0.2) is 42.9 Å². The Morgan fingerprint density at radius 2 is 1.95 bits per heavy atom. The van der Waals surface area contributed by atoms with Crippen LogP contribution in [0.4, 0.5) is 0 Å². The van der Waals surface area contributed by atoms with Gasteiger partial charge in [-0.05, 0) is 19.1 Å². The molecule has 4 atom stereocenters. The fraction of sp³-hybridized carbons (Fsp3) is 0.500. The minimum atomic E-state index is -0.770. The van der Waals surface area contributed by atoms with Gasteiger partial charge < -0.3 is 4.74 Å². The summed E-state index contributed by atoms with van der Waals surface area (Å²) in [5.41, 5.74) is 0. The van der Waals surface area contributed by atoms with Crippen LogP contribution in [0.15, 0.2) is 12.1 Å². The van der Waals surface area contributed by atoms with E-state index in [4.69, 9.17) is 4.74 Å². The van der Waals surface area contributed by atoms with Gasteiger partial charge in [0.2, 0.25) is 11.8 Å². The van der Waals surface area contributed by atoms with Crippen molar-refractivity contribution in [1.29, 1.82) is 0 Å². The van der Waals surface area contributed by atoms with E-state index in [1.807, 2.05) is 19.1 Å². The maximum atomic E-state index is 12.4. The van der Waals surface area contributed by atoms with Crippen LogP contribution >= 0.6 is 11.3 Å². The summed E-state index contributed by atoms with van der Waals surface area (Å²) in [7, 11) is 2.75. The summed E-state index contributed by atoms with van der Waals surface area (Å²) in [5, 5.41) is 3.12. The molecule has 2 aliphatic heterocycles. The first-order valence-electron chi connectivity index (χ1n) is 6.67. The van der Waals surface area contributed by atoms with Crippen LogP contribution in [0.3, 0.4) is 0 Å². The first-order valence-corrected chi connectivity index (χ1v) is 7.49. The standard InChI is InChI=1S/C14H16N2O4S/c1-6-4-5-7(21-6)10-8-9(11(15-10)14(19)20-3)13(18)16(2)12(8)17/h4-5,8-11,15H,1-3H3/t8-,9+,10-,11-/m1/s1. The maximum Gasteiger partial charge on any atom is 0.323 e. The Balaban J connectivity index is 2.02. The second-order valence-corrected chi connectivity index (χ2v) is 6.70. The van der Waals surface area contributed by atoms with Gasteiger partial charge in [-0.1, -0.05) is 0 Å². The molecule has 3 rings (SSSR count). The molecule has 1 aromatic rings. The quantitative estimate of drug-likeness (QED) is 0.635. The number of carbonyl (C=O) groups is 3. The van der Waals surface area contributed by atoms with E-state index in [0.717, 1.165) is 14.7 Å². The van der Waals surface area contributed by atoms with E-state index in [2.05, 4.69) is 5.32 Å². The number of nitrogens with one attached hydrogen (secondary N) is 1. The van der Waals surface area contributed by atoms with Crippen molar-refractivity contribution < 1.29 is 19.1 Å². The second kappa shape index (κ2) is 4.92. The maximum absolute atomic E-state index is 12.4. The van der Waals surface area contributed by atoms with E-state index < -0.39 is 23.8 Å². The molecule has 21 heavy (non-hydrogen) atoms. The molecule has 0 aromatic carbocycles. The first-order chi connectivity index (χ1) is 9.95. The predicted octanol–water partition coefficient (Wildman–Crippen LogP) is 0.473. The molecule has 1 aromatic heterocycles. The van der Waals surface area contributed by atoms with E-state index in [9.17, 15) is 14.4 Å². The fourth-order valence-electron chi connectivity index (χ4n) is 3.18. The van der Waals surface area contributed by atoms with Gasteiger partial charge in [-0.3, -0.25) is 24.6 Å². The molecule has 0 radical (unpaired) electrons. The normalized spacial score (nSPS) is 31.7. The molecular formula is C14H16N2O4S. The Morgan fingerprint density at radius 1 is 1.29 bits per heavy atom. The monoisotopic (exact) mass is 308 g/mol. The molecule has 1 N–H and O–H groups in total. The van der Waals surface area contributed by atoms with Crippen LogP contribution in [0.2, 0.25) is 0 Å². The van der Waals surface area contributed by atoms with Crippen molar-refractivity contribution >= 4 is 29.1 Å². The molecule has 2 saturated heterocycles. The topological polar surface area (TPSA) is 75.7 Å². The van der Waals surface area contributed by atoms with Crippen molar-refractivity contribution in [2.45, 2.75) is 19.0 Å². The molecule has 2 amide bonds. The molecule has 2 aliphatic rings. The average Bonchev–Trinajstić information content (AvgIpc) is 3.11. The number of nitrogens with zero attached hydrogens (tertiary/aromatic N) is 1. The summed E-state index contributed by atoms with van der Waals surface area (Å²) < 4.78 is 4.77. The summed E-state index contributed by atoms with van der Waals surface area (Å²) in [6.45, 7) is 1.98. The van der Waals surface area contributed by atoms with Crippen molar-refractivity contribution in [3.8, 4) is 0 Å². The lowest BCUT2D eigenvalue weighted by Crippen LogP contribution is -2.42. The number of hydrogen-bond acceptors (Lipinski definition) is 6. The SMILES string of the molecule is COC(=O)[C@@H]1N[C@H](c2ccc(C)s2)[C@@H]2C(=O)N(C)C(=O)[C@@H]21. The number of aryl methyl sites for hydroxylation is 1. The zero-order chi connectivity index (χ0) is 15.3. The van der Waals surface area contributed by atoms with Crippen molar-refractivity contribution in [3.63, 3.8) is 0 Å². The molecular weight excluding hydrogens is 292 g/mol. The number of ether oxygens (including phenoxy) is 1. The lowest BCUT2D eigenvalue weighted by Gasteiger charge is -2.18. The smallest absolute Gasteiger partial charge is 0.323 e. The van der Waals surface area contributed by atoms with E-state index >= 15 is 0 Å². The van der Waals surface area contributed by atoms with Crippen LogP contribution in [0.25, 0.3) is 0 Å². The van der Waals surface area contributed by atoms with Crippen LogP contribution < -0.4 is 5.32 Å². The summed E-state index contributed by atoms with van der Waals surface area (Å²) in [6, 6.07) is 2.81. The Hall–Kier alpha value is -1.73. The van der Waals surface area contributed by atoms with Crippen molar-refractivity contribution in [2.24, 2.45) is 11.8 Å². The first kappa shape index (κ1) is 14.2. The molecule has 0 bridgehead atoms. The summed E-state index contributed by atoms with van der Waals surface area (Å²) in [6.07, 6.45) is 0. The molecule has 2 fully saturated rings. The van der Waals surface area contributed by atoms with Gasteiger partial charge in [-0.15, -0.1) is 11.3 Å². The Bertz CT molecular complexity index is 626. The lowest BCUT2D eigenvalue weighted by atomic mass is 9.89. The third-order valence-corrected chi connectivity index (χ3v) is 5.30. The second-order valence-electron chi connectivity index (χ2n) is 5.38. The van der Waals surface area contributed by atoms with Crippen LogP contribution in [-0.2, 0) is 19.1 Å². The highest BCUT2D eigenvalue weighted by Gasteiger charge is 2.60. The minimum Gasteiger partial charge on any atom is -0.468 e. The largest absolute Gasteiger partial charge is 0.468 e. The third-order valence-electron chi connectivity index (χ3n) is 4.22. The molecule has 6 nitrogen and oxygen atoms in total. The number of likely N-dealkylation sites (tertiary alicyclic amines) is 1. The average molecular weight is 308 g/mol. The predicted molar refractivity (Wildman–Crippen MR) is 75.5 cm³/mol. The Morgan fingerprint density at radius 3 is 2.52 bits per heavy atom. The van der Waals surface area contributed by atoms with Crippen LogP contribution in [0, 0.1) is 18.8 Å². The molecule has 7 heteroatoms. The Kier molecular flexibility index (Phi) is 3.33. The van der Waals surface area contributed by atoms with E-state index in [1.54, 1.807) is 11.3 Å². The van der Waals surface area contributed by atoms with Gasteiger partial charge in [0, 0.05) is 16.8 Å². The molecule has 3 heterocycles. The van der Waals surface area contributed by atoms with Gasteiger partial charge in [0.1, 0.15) is 6.04 Å². The highest BCUT2D eigenvalue weighted by molar-refractivity contribution is 7.12. The molecule has 0 aliphatic carbocycles. The van der Waals surface area contributed by atoms with Gasteiger partial charge in [0.25, 0.3) is 0 Å². The van der Waals surface area contributed by atoms with E-state index in [0.29, 0.717) is 0 Å². The van der Waals surface area contributed by atoms with Crippen molar-refractivity contribution in [3.05, 3.63) is 21.9 Å². The number of imide groups is 1. The number of fused-ring (bicyclic) bond motifs is 1. The number of esters is 1. The summed E-state index contributed by atoms with van der Waals surface area (Å²) in [5.74, 6) is -2.27. The number of methoxy groups -OCH3 is 1.